The maximum Gasteiger partial charge on any atom is 0.255 e. The van der Waals surface area contributed by atoms with E-state index in [4.69, 9.17) is 27.9 Å². The summed E-state index contributed by atoms with van der Waals surface area (Å²) in [7, 11) is -2.46. The summed E-state index contributed by atoms with van der Waals surface area (Å²) < 4.78 is 32.9. The Bertz CT molecular complexity index is 946. The van der Waals surface area contributed by atoms with Gasteiger partial charge in [0, 0.05) is 22.6 Å². The number of amides is 1. The number of hydrogen-bond donors (Lipinski definition) is 2. The van der Waals surface area contributed by atoms with Crippen molar-refractivity contribution in [3.05, 3.63) is 57.6 Å². The van der Waals surface area contributed by atoms with E-state index in [1.807, 2.05) is 13.8 Å². The van der Waals surface area contributed by atoms with Crippen molar-refractivity contribution in [2.75, 3.05) is 7.11 Å². The molecule has 0 bridgehead atoms. The minimum Gasteiger partial charge on any atom is -0.496 e. The molecule has 0 saturated carbocycles. The van der Waals surface area contributed by atoms with E-state index < -0.39 is 15.9 Å². The van der Waals surface area contributed by atoms with Crippen molar-refractivity contribution in [2.45, 2.75) is 31.3 Å². The highest BCUT2D eigenvalue weighted by molar-refractivity contribution is 7.89. The van der Waals surface area contributed by atoms with E-state index in [-0.39, 0.29) is 28.8 Å². The fraction of sp³-hybridized carbons (Fsp3) is 0.278. The number of hydrogen-bond acceptors (Lipinski definition) is 4. The highest BCUT2D eigenvalue weighted by Crippen LogP contribution is 2.24. The molecule has 9 heteroatoms. The van der Waals surface area contributed by atoms with Crippen LogP contribution in [-0.4, -0.2) is 27.5 Å². The maximum absolute atomic E-state index is 12.6. The van der Waals surface area contributed by atoms with E-state index >= 15 is 0 Å². The topological polar surface area (TPSA) is 84.5 Å². The number of ether oxygens (including phenoxy) is 1. The van der Waals surface area contributed by atoms with Gasteiger partial charge in [0.15, 0.2) is 0 Å². The van der Waals surface area contributed by atoms with E-state index in [2.05, 4.69) is 10.0 Å². The van der Waals surface area contributed by atoms with Gasteiger partial charge in [-0.25, -0.2) is 13.1 Å². The molecule has 0 saturated heterocycles. The quantitative estimate of drug-likeness (QED) is 0.702. The monoisotopic (exact) mass is 430 g/mol. The van der Waals surface area contributed by atoms with E-state index in [9.17, 15) is 13.2 Å². The molecule has 0 radical (unpaired) electrons. The molecule has 0 heterocycles. The Morgan fingerprint density at radius 2 is 1.85 bits per heavy atom. The molecule has 0 unspecified atom stereocenters. The molecule has 0 aromatic heterocycles. The van der Waals surface area contributed by atoms with Crippen molar-refractivity contribution < 1.29 is 17.9 Å². The minimum atomic E-state index is -3.87. The molecule has 27 heavy (non-hydrogen) atoms. The van der Waals surface area contributed by atoms with E-state index in [1.165, 1.54) is 31.4 Å². The summed E-state index contributed by atoms with van der Waals surface area (Å²) in [5.41, 5.74) is 0.717. The Balaban J connectivity index is 2.28. The number of methoxy groups -OCH3 is 1. The fourth-order valence-corrected chi connectivity index (χ4v) is 3.80. The molecule has 0 spiro atoms. The second-order valence-corrected chi connectivity index (χ2v) is 8.66. The van der Waals surface area contributed by atoms with Crippen LogP contribution >= 0.6 is 23.2 Å². The first-order chi connectivity index (χ1) is 12.6. The SMILES string of the molecule is COc1ccc(S(=O)(=O)NCc2ccc(Cl)cc2Cl)cc1C(=O)NC(C)C. The normalized spacial score (nSPS) is 11.5. The van der Waals surface area contributed by atoms with Crippen LogP contribution in [0.2, 0.25) is 10.0 Å². The van der Waals surface area contributed by atoms with E-state index in [0.29, 0.717) is 15.6 Å². The Morgan fingerprint density at radius 3 is 2.44 bits per heavy atom. The molecule has 6 nitrogen and oxygen atoms in total. The summed E-state index contributed by atoms with van der Waals surface area (Å²) in [4.78, 5) is 12.3. The minimum absolute atomic E-state index is 0.0160. The van der Waals surface area contributed by atoms with Gasteiger partial charge in [0.05, 0.1) is 17.6 Å². The Hall–Kier alpha value is -1.80. The zero-order valence-electron chi connectivity index (χ0n) is 15.0. The van der Waals surface area contributed by atoms with Crippen molar-refractivity contribution in [2.24, 2.45) is 0 Å². The first-order valence-corrected chi connectivity index (χ1v) is 10.3. The molecule has 2 N–H and O–H groups in total. The van der Waals surface area contributed by atoms with Crippen molar-refractivity contribution >= 4 is 39.1 Å². The van der Waals surface area contributed by atoms with Gasteiger partial charge in [-0.05, 0) is 49.7 Å². The summed E-state index contributed by atoms with van der Waals surface area (Å²) in [6.07, 6.45) is 0. The van der Waals surface area contributed by atoms with Crippen LogP contribution in [0.4, 0.5) is 0 Å². The van der Waals surface area contributed by atoms with Crippen LogP contribution in [0.1, 0.15) is 29.8 Å². The first kappa shape index (κ1) is 21.5. The Morgan fingerprint density at radius 1 is 1.15 bits per heavy atom. The van der Waals surface area contributed by atoms with E-state index in [0.717, 1.165) is 0 Å². The lowest BCUT2D eigenvalue weighted by Gasteiger charge is -2.14. The number of carbonyl (C=O) groups is 1. The molecule has 2 aromatic rings. The number of carbonyl (C=O) groups excluding carboxylic acids is 1. The summed E-state index contributed by atoms with van der Waals surface area (Å²) in [6.45, 7) is 3.60. The van der Waals surface area contributed by atoms with Crippen LogP contribution in [0.25, 0.3) is 0 Å². The second kappa shape index (κ2) is 8.93. The number of halogens is 2. The maximum atomic E-state index is 12.6. The zero-order chi connectivity index (χ0) is 20.2. The fourth-order valence-electron chi connectivity index (χ4n) is 2.29. The van der Waals surface area contributed by atoms with Gasteiger partial charge in [-0.3, -0.25) is 4.79 Å². The third-order valence-electron chi connectivity index (χ3n) is 3.61. The highest BCUT2D eigenvalue weighted by atomic mass is 35.5. The summed E-state index contributed by atoms with van der Waals surface area (Å²) >= 11 is 11.9. The van der Waals surface area contributed by atoms with Gasteiger partial charge >= 0.3 is 0 Å². The lowest BCUT2D eigenvalue weighted by Crippen LogP contribution is -2.31. The average molecular weight is 431 g/mol. The van der Waals surface area contributed by atoms with Gasteiger partial charge in [0.2, 0.25) is 10.0 Å². The van der Waals surface area contributed by atoms with Crippen molar-refractivity contribution in [3.63, 3.8) is 0 Å². The van der Waals surface area contributed by atoms with Crippen LogP contribution in [0.15, 0.2) is 41.3 Å². The molecule has 0 aliphatic heterocycles. The predicted octanol–water partition coefficient (Wildman–Crippen LogP) is 3.62. The van der Waals surface area contributed by atoms with Crippen molar-refractivity contribution in [3.8, 4) is 5.75 Å². The average Bonchev–Trinajstić information content (AvgIpc) is 2.59. The van der Waals surface area contributed by atoms with Gasteiger partial charge in [0.1, 0.15) is 5.75 Å². The first-order valence-electron chi connectivity index (χ1n) is 8.06. The molecule has 0 aliphatic rings. The molecule has 146 valence electrons. The smallest absolute Gasteiger partial charge is 0.255 e. The number of sulfonamides is 1. The Labute approximate surface area is 168 Å². The molecule has 2 aromatic carbocycles. The lowest BCUT2D eigenvalue weighted by atomic mass is 10.2. The van der Waals surface area contributed by atoms with Crippen molar-refractivity contribution in [1.29, 1.82) is 0 Å². The van der Waals surface area contributed by atoms with E-state index in [1.54, 1.807) is 12.1 Å². The van der Waals surface area contributed by atoms with Gasteiger partial charge in [0.25, 0.3) is 5.91 Å². The Kier molecular flexibility index (Phi) is 7.11. The molecule has 0 fully saturated rings. The van der Waals surface area contributed by atoms with Gasteiger partial charge in [-0.15, -0.1) is 0 Å². The standard InChI is InChI=1S/C18H20Cl2N2O4S/c1-11(2)22-18(23)15-9-14(6-7-17(15)26-3)27(24,25)21-10-12-4-5-13(19)8-16(12)20/h4-9,11,21H,10H2,1-3H3,(H,22,23). The molecule has 0 atom stereocenters. The van der Waals surface area contributed by atoms with Crippen LogP contribution in [0.5, 0.6) is 5.75 Å². The largest absolute Gasteiger partial charge is 0.496 e. The third kappa shape index (κ3) is 5.59. The van der Waals surface area contributed by atoms with Gasteiger partial charge in [-0.2, -0.15) is 0 Å². The highest BCUT2D eigenvalue weighted by Gasteiger charge is 2.20. The molecular weight excluding hydrogens is 411 g/mol. The van der Waals surface area contributed by atoms with Crippen LogP contribution < -0.4 is 14.8 Å². The van der Waals surface area contributed by atoms with Crippen LogP contribution in [0, 0.1) is 0 Å². The van der Waals surface area contributed by atoms with Crippen molar-refractivity contribution in [1.82, 2.24) is 10.0 Å². The summed E-state index contributed by atoms with van der Waals surface area (Å²) in [6, 6.07) is 8.79. The number of benzene rings is 2. The molecule has 0 aliphatic carbocycles. The van der Waals surface area contributed by atoms with Gasteiger partial charge in [-0.1, -0.05) is 29.3 Å². The van der Waals surface area contributed by atoms with Gasteiger partial charge < -0.3 is 10.1 Å². The molecular formula is C18H20Cl2N2O4S. The van der Waals surface area contributed by atoms with Crippen LogP contribution in [-0.2, 0) is 16.6 Å². The molecule has 2 rings (SSSR count). The lowest BCUT2D eigenvalue weighted by molar-refractivity contribution is 0.0940. The zero-order valence-corrected chi connectivity index (χ0v) is 17.4. The number of rotatable bonds is 7. The third-order valence-corrected chi connectivity index (χ3v) is 5.60. The van der Waals surface area contributed by atoms with Crippen LogP contribution in [0.3, 0.4) is 0 Å². The molecule has 1 amide bonds. The number of nitrogens with one attached hydrogen (secondary N) is 2. The second-order valence-electron chi connectivity index (χ2n) is 6.05. The summed E-state index contributed by atoms with van der Waals surface area (Å²) in [5, 5.41) is 3.54. The predicted molar refractivity (Wildman–Crippen MR) is 106 cm³/mol. The summed E-state index contributed by atoms with van der Waals surface area (Å²) in [5.74, 6) is -0.132.